The normalized spacial score (nSPS) is 24.0. The second kappa shape index (κ2) is 5.91. The topological polar surface area (TPSA) is 69.0 Å². The molecule has 1 saturated heterocycles. The van der Waals surface area contributed by atoms with Gasteiger partial charge in [-0.3, -0.25) is 9.48 Å². The molecule has 0 atom stereocenters. The van der Waals surface area contributed by atoms with Gasteiger partial charge in [-0.1, -0.05) is 19.3 Å². The molecule has 0 spiro atoms. The lowest BCUT2D eigenvalue weighted by atomic mass is 9.96. The Morgan fingerprint density at radius 2 is 1.76 bits per heavy atom. The number of hydrogen-bond acceptors (Lipinski definition) is 4. The lowest BCUT2D eigenvalue weighted by Crippen LogP contribution is -2.23. The van der Waals surface area contributed by atoms with Gasteiger partial charge in [-0.25, -0.2) is 8.42 Å². The first kappa shape index (κ1) is 14.8. The summed E-state index contributed by atoms with van der Waals surface area (Å²) in [4.78, 5) is 11.3. The zero-order valence-corrected chi connectivity index (χ0v) is 13.0. The van der Waals surface area contributed by atoms with Gasteiger partial charge in [0.1, 0.15) is 9.84 Å². The number of carbonyl (C=O) groups is 1. The van der Waals surface area contributed by atoms with Crippen LogP contribution in [0.1, 0.15) is 73.0 Å². The Morgan fingerprint density at radius 3 is 2.38 bits per heavy atom. The monoisotopic (exact) mass is 310 g/mol. The first-order valence-corrected chi connectivity index (χ1v) is 9.66. The second-order valence-corrected chi connectivity index (χ2v) is 8.59. The minimum absolute atomic E-state index is 0.110. The minimum Gasteiger partial charge on any atom is -0.298 e. The fraction of sp³-hybridized carbons (Fsp3) is 0.733. The van der Waals surface area contributed by atoms with E-state index in [1.165, 1.54) is 19.3 Å². The van der Waals surface area contributed by atoms with E-state index in [1.54, 1.807) is 0 Å². The summed E-state index contributed by atoms with van der Waals surface area (Å²) in [6.07, 6.45) is 9.88. The van der Waals surface area contributed by atoms with Crippen LogP contribution < -0.4 is 0 Å². The van der Waals surface area contributed by atoms with E-state index in [0.29, 0.717) is 24.4 Å². The number of nitrogens with zero attached hydrogens (tertiary/aromatic N) is 2. The van der Waals surface area contributed by atoms with Crippen molar-refractivity contribution >= 4 is 16.1 Å². The first-order chi connectivity index (χ1) is 10.1. The molecular weight excluding hydrogens is 288 g/mol. The molecule has 2 heterocycles. The van der Waals surface area contributed by atoms with Crippen molar-refractivity contribution in [1.29, 1.82) is 0 Å². The fourth-order valence-electron chi connectivity index (χ4n) is 3.52. The quantitative estimate of drug-likeness (QED) is 0.804. The maximum Gasteiger partial charge on any atom is 0.153 e. The van der Waals surface area contributed by atoms with Gasteiger partial charge in [0.25, 0.3) is 0 Å². The molecule has 21 heavy (non-hydrogen) atoms. The Hall–Kier alpha value is -1.17. The van der Waals surface area contributed by atoms with Gasteiger partial charge < -0.3 is 0 Å². The predicted octanol–water partition coefficient (Wildman–Crippen LogP) is 2.49. The van der Waals surface area contributed by atoms with E-state index in [2.05, 4.69) is 5.10 Å². The van der Waals surface area contributed by atoms with Crippen LogP contribution in [0.3, 0.4) is 0 Å². The van der Waals surface area contributed by atoms with Crippen molar-refractivity contribution in [2.24, 2.45) is 0 Å². The molecule has 1 aliphatic carbocycles. The van der Waals surface area contributed by atoms with Crippen LogP contribution in [0.2, 0.25) is 0 Å². The Labute approximate surface area is 125 Å². The maximum absolute atomic E-state index is 11.5. The van der Waals surface area contributed by atoms with Crippen LogP contribution >= 0.6 is 0 Å². The lowest BCUT2D eigenvalue weighted by Gasteiger charge is -2.23. The summed E-state index contributed by atoms with van der Waals surface area (Å²) >= 11 is 0. The van der Waals surface area contributed by atoms with Crippen molar-refractivity contribution < 1.29 is 13.2 Å². The van der Waals surface area contributed by atoms with Crippen LogP contribution in [-0.2, 0) is 9.84 Å². The van der Waals surface area contributed by atoms with Gasteiger partial charge in [0, 0.05) is 12.1 Å². The van der Waals surface area contributed by atoms with E-state index >= 15 is 0 Å². The summed E-state index contributed by atoms with van der Waals surface area (Å²) in [5.74, 6) is 0.539. The molecule has 116 valence electrons. The Bertz CT molecular complexity index is 601. The van der Waals surface area contributed by atoms with E-state index in [-0.39, 0.29) is 17.4 Å². The van der Waals surface area contributed by atoms with Crippen LogP contribution in [0.4, 0.5) is 0 Å². The average Bonchev–Trinajstić information content (AvgIpc) is 2.92. The molecular formula is C15H22N2O3S. The highest BCUT2D eigenvalue weighted by Gasteiger charge is 2.29. The molecule has 3 rings (SSSR count). The number of hydrogen-bond donors (Lipinski definition) is 0. The Balaban J connectivity index is 1.81. The molecule has 0 unspecified atom stereocenters. The largest absolute Gasteiger partial charge is 0.298 e. The molecule has 6 heteroatoms. The molecule has 0 amide bonds. The average molecular weight is 310 g/mol. The maximum atomic E-state index is 11.5. The standard InChI is InChI=1S/C15H22N2O3S/c18-11-13-10-17(14-4-2-1-3-5-14)16-15(13)12-6-8-21(19,20)9-7-12/h10-12,14H,1-9H2. The summed E-state index contributed by atoms with van der Waals surface area (Å²) in [5, 5.41) is 4.67. The number of sulfone groups is 1. The van der Waals surface area contributed by atoms with E-state index in [1.807, 2.05) is 10.9 Å². The van der Waals surface area contributed by atoms with E-state index in [9.17, 15) is 13.2 Å². The SMILES string of the molecule is O=Cc1cn(C2CCCCC2)nc1C1CCS(=O)(=O)CC1. The van der Waals surface area contributed by atoms with Gasteiger partial charge in [0.2, 0.25) is 0 Å². The van der Waals surface area contributed by atoms with Crippen molar-refractivity contribution in [2.75, 3.05) is 11.5 Å². The summed E-state index contributed by atoms with van der Waals surface area (Å²) in [6, 6.07) is 0.401. The van der Waals surface area contributed by atoms with Crippen LogP contribution in [0.25, 0.3) is 0 Å². The Kier molecular flexibility index (Phi) is 4.15. The van der Waals surface area contributed by atoms with Gasteiger partial charge in [0.05, 0.1) is 28.8 Å². The van der Waals surface area contributed by atoms with E-state index < -0.39 is 9.84 Å². The Morgan fingerprint density at radius 1 is 1.10 bits per heavy atom. The molecule has 2 fully saturated rings. The first-order valence-electron chi connectivity index (χ1n) is 7.84. The van der Waals surface area contributed by atoms with Gasteiger partial charge in [-0.2, -0.15) is 5.10 Å². The minimum atomic E-state index is -2.88. The molecule has 1 aromatic rings. The molecule has 0 N–H and O–H groups in total. The predicted molar refractivity (Wildman–Crippen MR) is 80.4 cm³/mol. The molecule has 2 aliphatic rings. The molecule has 0 aromatic carbocycles. The summed E-state index contributed by atoms with van der Waals surface area (Å²) in [5.41, 5.74) is 1.45. The highest BCUT2D eigenvalue weighted by atomic mass is 32.2. The summed E-state index contributed by atoms with van der Waals surface area (Å²) in [7, 11) is -2.88. The third-order valence-corrected chi connectivity index (χ3v) is 6.52. The molecule has 5 nitrogen and oxygen atoms in total. The van der Waals surface area contributed by atoms with E-state index in [0.717, 1.165) is 24.8 Å². The van der Waals surface area contributed by atoms with Crippen molar-refractivity contribution in [3.8, 4) is 0 Å². The van der Waals surface area contributed by atoms with Crippen LogP contribution in [0, 0.1) is 0 Å². The smallest absolute Gasteiger partial charge is 0.153 e. The van der Waals surface area contributed by atoms with Gasteiger partial charge in [0.15, 0.2) is 6.29 Å². The number of aldehydes is 1. The van der Waals surface area contributed by atoms with Crippen molar-refractivity contribution in [1.82, 2.24) is 9.78 Å². The zero-order chi connectivity index (χ0) is 14.9. The number of carbonyl (C=O) groups excluding carboxylic acids is 1. The summed E-state index contributed by atoms with van der Waals surface area (Å²) < 4.78 is 25.0. The van der Waals surface area contributed by atoms with Crippen molar-refractivity contribution in [2.45, 2.75) is 56.9 Å². The fourth-order valence-corrected chi connectivity index (χ4v) is 5.02. The molecule has 0 radical (unpaired) electrons. The highest BCUT2D eigenvalue weighted by molar-refractivity contribution is 7.91. The van der Waals surface area contributed by atoms with Gasteiger partial charge >= 0.3 is 0 Å². The van der Waals surface area contributed by atoms with Gasteiger partial charge in [-0.15, -0.1) is 0 Å². The van der Waals surface area contributed by atoms with Crippen molar-refractivity contribution in [3.63, 3.8) is 0 Å². The third kappa shape index (κ3) is 3.20. The van der Waals surface area contributed by atoms with Crippen molar-refractivity contribution in [3.05, 3.63) is 17.5 Å². The van der Waals surface area contributed by atoms with Gasteiger partial charge in [-0.05, 0) is 25.7 Å². The number of aromatic nitrogens is 2. The third-order valence-electron chi connectivity index (χ3n) is 4.81. The van der Waals surface area contributed by atoms with Crippen LogP contribution in [0.5, 0.6) is 0 Å². The van der Waals surface area contributed by atoms with E-state index in [4.69, 9.17) is 0 Å². The highest BCUT2D eigenvalue weighted by Crippen LogP contribution is 2.33. The molecule has 1 aliphatic heterocycles. The molecule has 1 saturated carbocycles. The summed E-state index contributed by atoms with van der Waals surface area (Å²) in [6.45, 7) is 0. The van der Waals surface area contributed by atoms with Crippen LogP contribution in [0.15, 0.2) is 6.20 Å². The second-order valence-electron chi connectivity index (χ2n) is 6.29. The molecule has 0 bridgehead atoms. The molecule has 1 aromatic heterocycles. The zero-order valence-electron chi connectivity index (χ0n) is 12.2. The lowest BCUT2D eigenvalue weighted by molar-refractivity contribution is 0.112. The number of rotatable bonds is 3. The van der Waals surface area contributed by atoms with Crippen LogP contribution in [-0.4, -0.2) is 36.0 Å².